The Kier molecular flexibility index (Phi) is 6.74. The second kappa shape index (κ2) is 9.70. The third-order valence-electron chi connectivity index (χ3n) is 6.06. The van der Waals surface area contributed by atoms with Crippen LogP contribution >= 0.6 is 0 Å². The van der Waals surface area contributed by atoms with Crippen LogP contribution in [0.2, 0.25) is 0 Å². The monoisotopic (exact) mass is 452 g/mol. The number of benzene rings is 1. The molecular weight excluding hydrogens is 420 g/mol. The molecule has 2 aliphatic rings. The Hall–Kier alpha value is -3.26. The van der Waals surface area contributed by atoms with Gasteiger partial charge in [-0.3, -0.25) is 4.90 Å². The Morgan fingerprint density at radius 2 is 1.94 bits per heavy atom. The van der Waals surface area contributed by atoms with Gasteiger partial charge in [0, 0.05) is 43.3 Å². The molecule has 0 aliphatic carbocycles. The Bertz CT molecular complexity index is 1040. The van der Waals surface area contributed by atoms with E-state index in [1.165, 1.54) is 5.69 Å². The summed E-state index contributed by atoms with van der Waals surface area (Å²) in [5.41, 5.74) is 3.03. The number of nitrogens with zero attached hydrogens (tertiary/aromatic N) is 2. The lowest BCUT2D eigenvalue weighted by Crippen LogP contribution is -2.49. The molecule has 2 aliphatic heterocycles. The van der Waals surface area contributed by atoms with Gasteiger partial charge in [-0.2, -0.15) is 0 Å². The van der Waals surface area contributed by atoms with Crippen LogP contribution in [-0.2, 0) is 16.1 Å². The van der Waals surface area contributed by atoms with Crippen LogP contribution in [0.1, 0.15) is 51.0 Å². The van der Waals surface area contributed by atoms with E-state index < -0.39 is 12.0 Å². The van der Waals surface area contributed by atoms with Crippen LogP contribution in [0.25, 0.3) is 0 Å². The largest absolute Gasteiger partial charge is 0.491 e. The fourth-order valence-electron chi connectivity index (χ4n) is 4.50. The molecule has 2 N–H and O–H groups in total. The first-order valence-electron chi connectivity index (χ1n) is 11.5. The maximum atomic E-state index is 13.1. The summed E-state index contributed by atoms with van der Waals surface area (Å²) in [5, 5.41) is 5.78. The van der Waals surface area contributed by atoms with E-state index in [-0.39, 0.29) is 24.8 Å². The summed E-state index contributed by atoms with van der Waals surface area (Å²) in [4.78, 5) is 28.0. The zero-order valence-electron chi connectivity index (χ0n) is 19.6. The second-order valence-corrected chi connectivity index (χ2v) is 8.65. The lowest BCUT2D eigenvalue weighted by atomic mass is 9.94. The van der Waals surface area contributed by atoms with Crippen LogP contribution in [0.3, 0.4) is 0 Å². The molecule has 0 bridgehead atoms. The molecule has 33 heavy (non-hydrogen) atoms. The number of ether oxygens (including phenoxy) is 2. The first-order chi connectivity index (χ1) is 15.9. The molecule has 4 rings (SSSR count). The highest BCUT2D eigenvalue weighted by Crippen LogP contribution is 2.32. The Morgan fingerprint density at radius 1 is 1.18 bits per heavy atom. The van der Waals surface area contributed by atoms with Gasteiger partial charge >= 0.3 is 12.0 Å². The minimum Gasteiger partial charge on any atom is -0.491 e. The smallest absolute Gasteiger partial charge is 0.338 e. The van der Waals surface area contributed by atoms with Crippen molar-refractivity contribution >= 4 is 12.0 Å². The summed E-state index contributed by atoms with van der Waals surface area (Å²) in [5.74, 6) is 0.307. The summed E-state index contributed by atoms with van der Waals surface area (Å²) in [6, 6.07) is 10.8. The van der Waals surface area contributed by atoms with Gasteiger partial charge in [0.1, 0.15) is 5.75 Å². The minimum atomic E-state index is -0.607. The predicted octanol–water partition coefficient (Wildman–Crippen LogP) is 3.52. The summed E-state index contributed by atoms with van der Waals surface area (Å²) in [7, 11) is 0. The molecule has 0 unspecified atom stereocenters. The molecular formula is C25H32N4O4. The van der Waals surface area contributed by atoms with Crippen molar-refractivity contribution in [3.8, 4) is 5.75 Å². The normalized spacial score (nSPS) is 20.8. The van der Waals surface area contributed by atoms with Gasteiger partial charge in [0.2, 0.25) is 0 Å². The van der Waals surface area contributed by atoms with Crippen molar-refractivity contribution in [2.45, 2.75) is 52.4 Å². The third-order valence-corrected chi connectivity index (χ3v) is 6.06. The molecule has 3 heterocycles. The number of nitrogens with one attached hydrogen (secondary N) is 2. The highest BCUT2D eigenvalue weighted by atomic mass is 16.5. The van der Waals surface area contributed by atoms with Crippen LogP contribution in [-0.4, -0.2) is 47.3 Å². The van der Waals surface area contributed by atoms with E-state index in [4.69, 9.17) is 9.47 Å². The number of urea groups is 1. The van der Waals surface area contributed by atoms with Crippen molar-refractivity contribution in [1.82, 2.24) is 20.1 Å². The molecule has 0 radical (unpaired) electrons. The van der Waals surface area contributed by atoms with E-state index in [2.05, 4.69) is 39.3 Å². The maximum Gasteiger partial charge on any atom is 0.338 e. The first-order valence-corrected chi connectivity index (χ1v) is 11.5. The molecule has 0 spiro atoms. The zero-order chi connectivity index (χ0) is 23.5. The van der Waals surface area contributed by atoms with Crippen molar-refractivity contribution in [2.24, 2.45) is 0 Å². The molecule has 8 nitrogen and oxygen atoms in total. The molecule has 176 valence electrons. The molecule has 0 fully saturated rings. The first kappa shape index (κ1) is 22.9. The van der Waals surface area contributed by atoms with Gasteiger partial charge in [-0.15, -0.1) is 0 Å². The highest BCUT2D eigenvalue weighted by molar-refractivity contribution is 5.95. The Morgan fingerprint density at radius 3 is 2.64 bits per heavy atom. The standard InChI is InChI=1S/C25H32N4O4/c1-5-32-24(30)22-20(15-29-14-13-28-12-6-7-21(28)17(29)4)26-25(31)27-23(22)18-8-10-19(11-9-18)33-16(2)3/h6-12,16-17,23H,5,13-15H2,1-4H3,(H2,26,27,31)/t17-,23+/m0/s1. The SMILES string of the molecule is CCOC(=O)C1=C(CN2CCn3cccc3[C@@H]2C)NC(=O)N[C@@H]1c1ccc(OC(C)C)cc1. The predicted molar refractivity (Wildman–Crippen MR) is 125 cm³/mol. The number of hydrogen-bond acceptors (Lipinski definition) is 5. The fourth-order valence-corrected chi connectivity index (χ4v) is 4.50. The Balaban J connectivity index is 1.67. The van der Waals surface area contributed by atoms with E-state index in [9.17, 15) is 9.59 Å². The minimum absolute atomic E-state index is 0.0589. The number of amides is 2. The number of carbonyl (C=O) groups is 2. The van der Waals surface area contributed by atoms with Crippen LogP contribution in [0.15, 0.2) is 53.9 Å². The van der Waals surface area contributed by atoms with Gasteiger partial charge in [-0.1, -0.05) is 12.1 Å². The summed E-state index contributed by atoms with van der Waals surface area (Å²) >= 11 is 0. The molecule has 8 heteroatoms. The Labute approximate surface area is 194 Å². The van der Waals surface area contributed by atoms with Gasteiger partial charge in [0.15, 0.2) is 0 Å². The molecule has 0 saturated carbocycles. The van der Waals surface area contributed by atoms with Crippen molar-refractivity contribution in [2.75, 3.05) is 19.7 Å². The average Bonchev–Trinajstić information content (AvgIpc) is 3.25. The van der Waals surface area contributed by atoms with Gasteiger partial charge in [0.25, 0.3) is 0 Å². The number of hydrogen-bond donors (Lipinski definition) is 2. The average molecular weight is 453 g/mol. The molecule has 2 atom stereocenters. The molecule has 0 saturated heterocycles. The number of rotatable bonds is 7. The second-order valence-electron chi connectivity index (χ2n) is 8.65. The van der Waals surface area contributed by atoms with Crippen LogP contribution < -0.4 is 15.4 Å². The van der Waals surface area contributed by atoms with E-state index in [0.717, 1.165) is 24.4 Å². The van der Waals surface area contributed by atoms with Crippen LogP contribution in [0.5, 0.6) is 5.75 Å². The van der Waals surface area contributed by atoms with Crippen LogP contribution in [0, 0.1) is 0 Å². The quantitative estimate of drug-likeness (QED) is 0.628. The summed E-state index contributed by atoms with van der Waals surface area (Å²) in [6.07, 6.45) is 2.14. The van der Waals surface area contributed by atoms with Gasteiger partial charge in [-0.05, 0) is 57.5 Å². The number of carbonyl (C=O) groups excluding carboxylic acids is 2. The topological polar surface area (TPSA) is 84.8 Å². The number of esters is 1. The van der Waals surface area contributed by atoms with E-state index in [0.29, 0.717) is 17.8 Å². The molecule has 2 amide bonds. The van der Waals surface area contributed by atoms with Crippen molar-refractivity contribution < 1.29 is 19.1 Å². The zero-order valence-corrected chi connectivity index (χ0v) is 19.6. The number of fused-ring (bicyclic) bond motifs is 1. The van der Waals surface area contributed by atoms with Gasteiger partial charge in [0.05, 0.1) is 24.3 Å². The van der Waals surface area contributed by atoms with Crippen LogP contribution in [0.4, 0.5) is 4.79 Å². The highest BCUT2D eigenvalue weighted by Gasteiger charge is 2.35. The fraction of sp³-hybridized carbons (Fsp3) is 0.440. The lowest BCUT2D eigenvalue weighted by Gasteiger charge is -2.37. The molecule has 2 aromatic rings. The maximum absolute atomic E-state index is 13.1. The summed E-state index contributed by atoms with van der Waals surface area (Å²) in [6.45, 7) is 10.2. The van der Waals surface area contributed by atoms with Crippen molar-refractivity contribution in [1.29, 1.82) is 0 Å². The van der Waals surface area contributed by atoms with Crippen molar-refractivity contribution in [3.63, 3.8) is 0 Å². The van der Waals surface area contributed by atoms with E-state index in [1.807, 2.05) is 44.2 Å². The number of aromatic nitrogens is 1. The van der Waals surface area contributed by atoms with Gasteiger partial charge < -0.3 is 24.7 Å². The summed E-state index contributed by atoms with van der Waals surface area (Å²) < 4.78 is 13.4. The molecule has 1 aromatic carbocycles. The lowest BCUT2D eigenvalue weighted by molar-refractivity contribution is -0.139. The van der Waals surface area contributed by atoms with Crippen molar-refractivity contribution in [3.05, 3.63) is 65.1 Å². The molecule has 1 aromatic heterocycles. The van der Waals surface area contributed by atoms with E-state index in [1.54, 1.807) is 6.92 Å². The van der Waals surface area contributed by atoms with Gasteiger partial charge in [-0.25, -0.2) is 9.59 Å². The van der Waals surface area contributed by atoms with E-state index >= 15 is 0 Å². The third kappa shape index (κ3) is 4.90.